The van der Waals surface area contributed by atoms with E-state index in [-0.39, 0.29) is 11.9 Å². The molecule has 1 saturated carbocycles. The molecule has 0 aliphatic heterocycles. The zero-order chi connectivity index (χ0) is 15.1. The Hall–Kier alpha value is -1.28. The topological polar surface area (TPSA) is 26.3 Å². The second-order valence-corrected chi connectivity index (χ2v) is 6.25. The average Bonchev–Trinajstić information content (AvgIpc) is 2.50. The molecule has 21 heavy (non-hydrogen) atoms. The molecule has 0 radical (unpaired) electrons. The highest BCUT2D eigenvalue weighted by molar-refractivity contribution is 6.30. The van der Waals surface area contributed by atoms with Crippen LogP contribution in [0, 0.1) is 11.8 Å². The Morgan fingerprint density at radius 3 is 2.52 bits per heavy atom. The molecule has 114 valence electrons. The van der Waals surface area contributed by atoms with Gasteiger partial charge < -0.3 is 4.74 Å². The van der Waals surface area contributed by atoms with Gasteiger partial charge in [-0.3, -0.25) is 4.79 Å². The lowest BCUT2D eigenvalue weighted by molar-refractivity contribution is -0.140. The van der Waals surface area contributed by atoms with Crippen LogP contribution in [-0.2, 0) is 4.79 Å². The van der Waals surface area contributed by atoms with E-state index in [2.05, 4.69) is 6.58 Å². The van der Waals surface area contributed by atoms with Crippen molar-refractivity contribution in [1.82, 2.24) is 0 Å². The SMILES string of the molecule is C=CCCC[C@H]1CC[C@H](C(=O)Oc2ccc(Cl)cc2)CC1. The van der Waals surface area contributed by atoms with Gasteiger partial charge in [-0.1, -0.05) is 24.1 Å². The van der Waals surface area contributed by atoms with E-state index in [0.717, 1.165) is 38.0 Å². The first-order chi connectivity index (χ1) is 10.2. The number of allylic oxidation sites excluding steroid dienone is 1. The van der Waals surface area contributed by atoms with E-state index >= 15 is 0 Å². The highest BCUT2D eigenvalue weighted by atomic mass is 35.5. The summed E-state index contributed by atoms with van der Waals surface area (Å²) in [5, 5.41) is 0.648. The van der Waals surface area contributed by atoms with Gasteiger partial charge in [-0.25, -0.2) is 0 Å². The first-order valence-corrected chi connectivity index (χ1v) is 8.15. The Balaban J connectivity index is 1.75. The van der Waals surface area contributed by atoms with Crippen molar-refractivity contribution in [1.29, 1.82) is 0 Å². The molecule has 1 aliphatic rings. The molecule has 0 saturated heterocycles. The largest absolute Gasteiger partial charge is 0.426 e. The molecule has 0 unspecified atom stereocenters. The molecule has 3 heteroatoms. The number of hydrogen-bond donors (Lipinski definition) is 0. The molecule has 0 spiro atoms. The number of carbonyl (C=O) groups is 1. The Morgan fingerprint density at radius 1 is 1.24 bits per heavy atom. The second kappa shape index (κ2) is 8.23. The fraction of sp³-hybridized carbons (Fsp3) is 0.500. The molecule has 2 rings (SSSR count). The lowest BCUT2D eigenvalue weighted by Crippen LogP contribution is -2.25. The molecule has 0 amide bonds. The third-order valence-electron chi connectivity index (χ3n) is 4.23. The van der Waals surface area contributed by atoms with Crippen LogP contribution in [-0.4, -0.2) is 5.97 Å². The number of halogens is 1. The van der Waals surface area contributed by atoms with Crippen LogP contribution in [0.3, 0.4) is 0 Å². The van der Waals surface area contributed by atoms with Crippen molar-refractivity contribution in [2.24, 2.45) is 11.8 Å². The molecule has 1 aromatic carbocycles. The minimum Gasteiger partial charge on any atom is -0.426 e. The van der Waals surface area contributed by atoms with E-state index in [1.54, 1.807) is 24.3 Å². The minimum absolute atomic E-state index is 0.0522. The van der Waals surface area contributed by atoms with Gasteiger partial charge in [0.15, 0.2) is 0 Å². The minimum atomic E-state index is -0.0955. The van der Waals surface area contributed by atoms with Crippen molar-refractivity contribution in [2.75, 3.05) is 0 Å². The zero-order valence-corrected chi connectivity index (χ0v) is 13.1. The van der Waals surface area contributed by atoms with Gasteiger partial charge in [-0.2, -0.15) is 0 Å². The first kappa shape index (κ1) is 16.1. The lowest BCUT2D eigenvalue weighted by Gasteiger charge is -2.27. The van der Waals surface area contributed by atoms with Crippen LogP contribution < -0.4 is 4.74 Å². The predicted octanol–water partition coefficient (Wildman–Crippen LogP) is 5.41. The maximum atomic E-state index is 12.2. The quantitative estimate of drug-likeness (QED) is 0.304. The summed E-state index contributed by atoms with van der Waals surface area (Å²) < 4.78 is 5.43. The van der Waals surface area contributed by atoms with Crippen LogP contribution in [0.2, 0.25) is 5.02 Å². The van der Waals surface area contributed by atoms with Crippen molar-refractivity contribution < 1.29 is 9.53 Å². The normalized spacial score (nSPS) is 21.8. The van der Waals surface area contributed by atoms with Gasteiger partial charge in [0.25, 0.3) is 0 Å². The van der Waals surface area contributed by atoms with E-state index < -0.39 is 0 Å². The van der Waals surface area contributed by atoms with Crippen molar-refractivity contribution in [2.45, 2.75) is 44.9 Å². The van der Waals surface area contributed by atoms with Gasteiger partial charge >= 0.3 is 5.97 Å². The van der Waals surface area contributed by atoms with Gasteiger partial charge in [0, 0.05) is 5.02 Å². The van der Waals surface area contributed by atoms with Crippen molar-refractivity contribution in [3.05, 3.63) is 41.9 Å². The molecular formula is C18H23ClO2. The number of carbonyl (C=O) groups excluding carboxylic acids is 1. The molecule has 1 fully saturated rings. The standard InChI is InChI=1S/C18H23ClO2/c1-2-3-4-5-14-6-8-15(9-7-14)18(20)21-17-12-10-16(19)11-13-17/h2,10-15H,1,3-9H2/t14-,15-. The molecule has 0 aromatic heterocycles. The van der Waals surface area contributed by atoms with Crippen LogP contribution in [0.25, 0.3) is 0 Å². The van der Waals surface area contributed by atoms with E-state index in [0.29, 0.717) is 10.8 Å². The number of rotatable bonds is 6. The Labute approximate surface area is 132 Å². The summed E-state index contributed by atoms with van der Waals surface area (Å²) in [6.07, 6.45) is 9.72. The van der Waals surface area contributed by atoms with E-state index in [9.17, 15) is 4.79 Å². The molecule has 0 heterocycles. The highest BCUT2D eigenvalue weighted by Gasteiger charge is 2.27. The Morgan fingerprint density at radius 2 is 1.90 bits per heavy atom. The maximum Gasteiger partial charge on any atom is 0.314 e. The third kappa shape index (κ3) is 5.20. The molecule has 0 atom stereocenters. The summed E-state index contributed by atoms with van der Waals surface area (Å²) in [5.41, 5.74) is 0. The molecule has 1 aromatic rings. The van der Waals surface area contributed by atoms with E-state index in [4.69, 9.17) is 16.3 Å². The Bertz CT molecular complexity index is 459. The van der Waals surface area contributed by atoms with Crippen LogP contribution in [0.15, 0.2) is 36.9 Å². The van der Waals surface area contributed by atoms with Crippen LogP contribution in [0.4, 0.5) is 0 Å². The summed E-state index contributed by atoms with van der Waals surface area (Å²) >= 11 is 5.82. The summed E-state index contributed by atoms with van der Waals surface area (Å²) in [5.74, 6) is 1.31. The Kier molecular flexibility index (Phi) is 6.31. The summed E-state index contributed by atoms with van der Waals surface area (Å²) in [4.78, 5) is 12.2. The molecule has 0 N–H and O–H groups in total. The number of unbranched alkanes of at least 4 members (excludes halogenated alkanes) is 1. The van der Waals surface area contributed by atoms with Crippen molar-refractivity contribution in [3.63, 3.8) is 0 Å². The monoisotopic (exact) mass is 306 g/mol. The predicted molar refractivity (Wildman–Crippen MR) is 86.6 cm³/mol. The first-order valence-electron chi connectivity index (χ1n) is 7.77. The van der Waals surface area contributed by atoms with Crippen LogP contribution in [0.1, 0.15) is 44.9 Å². The molecule has 0 bridgehead atoms. The zero-order valence-electron chi connectivity index (χ0n) is 12.4. The number of esters is 1. The maximum absolute atomic E-state index is 12.2. The van der Waals surface area contributed by atoms with Gasteiger partial charge in [0.05, 0.1) is 5.92 Å². The molecule has 1 aliphatic carbocycles. The highest BCUT2D eigenvalue weighted by Crippen LogP contribution is 2.33. The van der Waals surface area contributed by atoms with Crippen molar-refractivity contribution >= 4 is 17.6 Å². The van der Waals surface area contributed by atoms with Gasteiger partial charge in [0.2, 0.25) is 0 Å². The van der Waals surface area contributed by atoms with E-state index in [1.807, 2.05) is 6.08 Å². The number of benzene rings is 1. The number of ether oxygens (including phenoxy) is 1. The number of hydrogen-bond acceptors (Lipinski definition) is 2. The molecule has 2 nitrogen and oxygen atoms in total. The molecular weight excluding hydrogens is 284 g/mol. The summed E-state index contributed by atoms with van der Waals surface area (Å²) in [6.45, 7) is 3.75. The van der Waals surface area contributed by atoms with Crippen molar-refractivity contribution in [3.8, 4) is 5.75 Å². The van der Waals surface area contributed by atoms with E-state index in [1.165, 1.54) is 12.8 Å². The second-order valence-electron chi connectivity index (χ2n) is 5.81. The van der Waals surface area contributed by atoms with Crippen LogP contribution >= 0.6 is 11.6 Å². The lowest BCUT2D eigenvalue weighted by atomic mass is 9.80. The smallest absolute Gasteiger partial charge is 0.314 e. The summed E-state index contributed by atoms with van der Waals surface area (Å²) in [7, 11) is 0. The van der Waals surface area contributed by atoms with Crippen LogP contribution in [0.5, 0.6) is 5.75 Å². The van der Waals surface area contributed by atoms with Gasteiger partial charge in [-0.15, -0.1) is 6.58 Å². The summed E-state index contributed by atoms with van der Waals surface area (Å²) in [6, 6.07) is 6.95. The fourth-order valence-corrected chi connectivity index (χ4v) is 3.07. The third-order valence-corrected chi connectivity index (χ3v) is 4.48. The average molecular weight is 307 g/mol. The van der Waals surface area contributed by atoms with Gasteiger partial charge in [-0.05, 0) is 68.7 Å². The van der Waals surface area contributed by atoms with Gasteiger partial charge in [0.1, 0.15) is 5.75 Å². The fourth-order valence-electron chi connectivity index (χ4n) is 2.94.